The van der Waals surface area contributed by atoms with Crippen LogP contribution >= 0.6 is 46.4 Å². The molecule has 4 aromatic rings. The maximum absolute atomic E-state index is 15.3. The molecule has 4 rings (SSSR count). The molecule has 0 aliphatic carbocycles. The third-order valence-electron chi connectivity index (χ3n) is 4.92. The number of benzene rings is 1. The summed E-state index contributed by atoms with van der Waals surface area (Å²) in [5.74, 6) is -0.0859. The van der Waals surface area contributed by atoms with Crippen molar-refractivity contribution in [1.82, 2.24) is 19.4 Å². The lowest BCUT2D eigenvalue weighted by Crippen LogP contribution is -2.13. The molecule has 0 aliphatic rings. The highest BCUT2D eigenvalue weighted by Gasteiger charge is 2.28. The first-order chi connectivity index (χ1) is 15.2. The minimum Gasteiger partial charge on any atom is -0.490 e. The van der Waals surface area contributed by atoms with E-state index in [0.29, 0.717) is 33.4 Å². The van der Waals surface area contributed by atoms with Gasteiger partial charge in [0.05, 0.1) is 16.7 Å². The lowest BCUT2D eigenvalue weighted by Gasteiger charge is -2.23. The smallest absolute Gasteiger partial charge is 0.158 e. The Hall–Kier alpha value is -2.12. The SMILES string of the molecule is CC(C)Oc1c(C(C)c2nc(Cl)c3c(Cl)nccn23)cc(Cl)c(F)c1-c1ccc(Cl)nc1. The van der Waals surface area contributed by atoms with Crippen LogP contribution in [0.25, 0.3) is 16.6 Å². The largest absolute Gasteiger partial charge is 0.490 e. The van der Waals surface area contributed by atoms with Crippen LogP contribution in [0.2, 0.25) is 20.5 Å². The number of imidazole rings is 1. The molecule has 0 aliphatic heterocycles. The lowest BCUT2D eigenvalue weighted by molar-refractivity contribution is 0.239. The summed E-state index contributed by atoms with van der Waals surface area (Å²) in [6.45, 7) is 5.62. The first-order valence-electron chi connectivity index (χ1n) is 9.67. The Labute approximate surface area is 204 Å². The van der Waals surface area contributed by atoms with Gasteiger partial charge in [0.2, 0.25) is 0 Å². The van der Waals surface area contributed by atoms with Crippen LogP contribution in [0.15, 0.2) is 36.8 Å². The minimum absolute atomic E-state index is 0.0560. The molecule has 0 bridgehead atoms. The van der Waals surface area contributed by atoms with Crippen LogP contribution in [-0.2, 0) is 0 Å². The van der Waals surface area contributed by atoms with Gasteiger partial charge in [0, 0.05) is 35.6 Å². The van der Waals surface area contributed by atoms with E-state index in [4.69, 9.17) is 51.1 Å². The van der Waals surface area contributed by atoms with Crippen molar-refractivity contribution in [1.29, 1.82) is 0 Å². The zero-order valence-corrected chi connectivity index (χ0v) is 20.2. The van der Waals surface area contributed by atoms with Gasteiger partial charge < -0.3 is 4.74 Å². The zero-order chi connectivity index (χ0) is 23.2. The Morgan fingerprint density at radius 3 is 2.44 bits per heavy atom. The van der Waals surface area contributed by atoms with Crippen molar-refractivity contribution in [2.45, 2.75) is 32.8 Å². The van der Waals surface area contributed by atoms with Gasteiger partial charge in [-0.15, -0.1) is 0 Å². The van der Waals surface area contributed by atoms with Crippen LogP contribution in [0.5, 0.6) is 5.75 Å². The highest BCUT2D eigenvalue weighted by Crippen LogP contribution is 2.44. The summed E-state index contributed by atoms with van der Waals surface area (Å²) >= 11 is 24.8. The third kappa shape index (κ3) is 4.13. The summed E-state index contributed by atoms with van der Waals surface area (Å²) < 4.78 is 23.2. The molecule has 0 radical (unpaired) electrons. The average molecular weight is 514 g/mol. The molecule has 0 saturated heterocycles. The van der Waals surface area contributed by atoms with Crippen LogP contribution in [0.3, 0.4) is 0 Å². The minimum atomic E-state index is -0.611. The summed E-state index contributed by atoms with van der Waals surface area (Å²) in [5.41, 5.74) is 1.80. The Morgan fingerprint density at radius 2 is 1.78 bits per heavy atom. The van der Waals surface area contributed by atoms with Gasteiger partial charge in [0.25, 0.3) is 0 Å². The van der Waals surface area contributed by atoms with Gasteiger partial charge in [0.1, 0.15) is 22.2 Å². The van der Waals surface area contributed by atoms with E-state index in [9.17, 15) is 0 Å². The maximum Gasteiger partial charge on any atom is 0.158 e. The number of rotatable bonds is 5. The van der Waals surface area contributed by atoms with E-state index in [-0.39, 0.29) is 32.9 Å². The fraction of sp³-hybridized carbons (Fsp3) is 0.227. The first-order valence-corrected chi connectivity index (χ1v) is 11.2. The molecule has 10 heteroatoms. The van der Waals surface area contributed by atoms with Crippen molar-refractivity contribution in [2.24, 2.45) is 0 Å². The number of hydrogen-bond donors (Lipinski definition) is 0. The molecule has 0 amide bonds. The highest BCUT2D eigenvalue weighted by atomic mass is 35.5. The van der Waals surface area contributed by atoms with Gasteiger partial charge >= 0.3 is 0 Å². The monoisotopic (exact) mass is 512 g/mol. The van der Waals surface area contributed by atoms with Crippen molar-refractivity contribution in [3.63, 3.8) is 0 Å². The number of nitrogens with zero attached hydrogens (tertiary/aromatic N) is 4. The molecule has 32 heavy (non-hydrogen) atoms. The molecule has 3 aromatic heterocycles. The Morgan fingerprint density at radius 1 is 1.03 bits per heavy atom. The van der Waals surface area contributed by atoms with Crippen LogP contribution in [-0.4, -0.2) is 25.5 Å². The molecule has 1 atom stereocenters. The van der Waals surface area contributed by atoms with Crippen LogP contribution in [0.4, 0.5) is 4.39 Å². The summed E-state index contributed by atoms with van der Waals surface area (Å²) in [5, 5.41) is 0.679. The van der Waals surface area contributed by atoms with Crippen LogP contribution < -0.4 is 4.74 Å². The molecule has 0 N–H and O–H groups in total. The average Bonchev–Trinajstić information content (AvgIpc) is 3.09. The van der Waals surface area contributed by atoms with E-state index in [1.165, 1.54) is 6.20 Å². The summed E-state index contributed by atoms with van der Waals surface area (Å²) in [4.78, 5) is 12.6. The van der Waals surface area contributed by atoms with Crippen molar-refractivity contribution in [2.75, 3.05) is 0 Å². The van der Waals surface area contributed by atoms with Crippen molar-refractivity contribution < 1.29 is 9.13 Å². The van der Waals surface area contributed by atoms with E-state index in [1.54, 1.807) is 35.0 Å². The van der Waals surface area contributed by atoms with Gasteiger partial charge in [-0.25, -0.2) is 19.3 Å². The van der Waals surface area contributed by atoms with Gasteiger partial charge in [-0.1, -0.05) is 53.3 Å². The number of aromatic nitrogens is 4. The van der Waals surface area contributed by atoms with E-state index < -0.39 is 5.82 Å². The summed E-state index contributed by atoms with van der Waals surface area (Å²) in [6.07, 6.45) is 4.51. The van der Waals surface area contributed by atoms with E-state index in [1.807, 2.05) is 20.8 Å². The van der Waals surface area contributed by atoms with Gasteiger partial charge in [-0.05, 0) is 32.0 Å². The number of ether oxygens (including phenoxy) is 1. The number of halogens is 5. The summed E-state index contributed by atoms with van der Waals surface area (Å²) in [6, 6.07) is 4.79. The standard InChI is InChI=1S/C22H17Cl4FN4O/c1-10(2)32-19-13(8-14(23)17(27)16(19)12-4-5-15(24)29-9-12)11(3)22-30-21(26)18-20(25)28-6-7-31(18)22/h4-11H,1-3H3. The number of hydrogen-bond acceptors (Lipinski definition) is 4. The number of fused-ring (bicyclic) bond motifs is 1. The Kier molecular flexibility index (Phi) is 6.50. The fourth-order valence-corrected chi connectivity index (χ4v) is 4.40. The van der Waals surface area contributed by atoms with Gasteiger partial charge in [0.15, 0.2) is 16.1 Å². The third-order valence-corrected chi connectivity index (χ3v) is 5.96. The van der Waals surface area contributed by atoms with Crippen LogP contribution in [0.1, 0.15) is 38.1 Å². The second-order valence-electron chi connectivity index (χ2n) is 7.42. The number of pyridine rings is 1. The molecule has 1 aromatic carbocycles. The summed E-state index contributed by atoms with van der Waals surface area (Å²) in [7, 11) is 0. The molecule has 5 nitrogen and oxygen atoms in total. The van der Waals surface area contributed by atoms with Gasteiger partial charge in [-0.3, -0.25) is 4.40 Å². The van der Waals surface area contributed by atoms with Crippen molar-refractivity contribution >= 4 is 51.9 Å². The second kappa shape index (κ2) is 9.02. The molecule has 1 unspecified atom stereocenters. The Bertz CT molecular complexity index is 1310. The molecule has 166 valence electrons. The Balaban J connectivity index is 1.98. The predicted molar refractivity (Wildman–Crippen MR) is 126 cm³/mol. The van der Waals surface area contributed by atoms with Crippen molar-refractivity contribution in [3.05, 3.63) is 74.5 Å². The molecular formula is C22H17Cl4FN4O. The second-order valence-corrected chi connectivity index (χ2v) is 8.93. The normalized spacial score (nSPS) is 12.5. The highest BCUT2D eigenvalue weighted by molar-refractivity contribution is 6.38. The molecule has 0 fully saturated rings. The fourth-order valence-electron chi connectivity index (χ4n) is 3.52. The molecule has 0 spiro atoms. The quantitative estimate of drug-likeness (QED) is 0.259. The van der Waals surface area contributed by atoms with Crippen molar-refractivity contribution in [3.8, 4) is 16.9 Å². The topological polar surface area (TPSA) is 52.3 Å². The zero-order valence-electron chi connectivity index (χ0n) is 17.2. The molecule has 3 heterocycles. The molecular weight excluding hydrogens is 497 g/mol. The van der Waals surface area contributed by atoms with Crippen LogP contribution in [0, 0.1) is 5.82 Å². The van der Waals surface area contributed by atoms with E-state index >= 15 is 4.39 Å². The predicted octanol–water partition coefficient (Wildman–Crippen LogP) is 7.48. The molecule has 0 saturated carbocycles. The van der Waals surface area contributed by atoms with Gasteiger partial charge in [-0.2, -0.15) is 0 Å². The van der Waals surface area contributed by atoms with E-state index in [2.05, 4.69) is 15.0 Å². The maximum atomic E-state index is 15.3. The first kappa shape index (κ1) is 23.1. The lowest BCUT2D eigenvalue weighted by atomic mass is 9.93. The van der Waals surface area contributed by atoms with E-state index in [0.717, 1.165) is 0 Å².